The van der Waals surface area contributed by atoms with Gasteiger partial charge in [0.25, 0.3) is 0 Å². The molecular formula is C76H67Cl4F5N27O3P. The predicted molar refractivity (Wildman–Crippen MR) is 431 cm³/mol. The first kappa shape index (κ1) is 82.5. The van der Waals surface area contributed by atoms with E-state index in [0.717, 1.165) is 56.9 Å². The van der Waals surface area contributed by atoms with Crippen LogP contribution in [0.4, 0.5) is 39.8 Å². The van der Waals surface area contributed by atoms with E-state index in [1.165, 1.54) is 130 Å². The van der Waals surface area contributed by atoms with Gasteiger partial charge in [0.1, 0.15) is 40.7 Å². The molecule has 30 nitrogen and oxygen atoms in total. The predicted octanol–water partition coefficient (Wildman–Crippen LogP) is 14.8. The Kier molecular flexibility index (Phi) is 27.6. The van der Waals surface area contributed by atoms with E-state index in [-0.39, 0.29) is 40.4 Å². The third kappa shape index (κ3) is 22.5. The van der Waals surface area contributed by atoms with Crippen molar-refractivity contribution >= 4 is 108 Å². The van der Waals surface area contributed by atoms with Crippen molar-refractivity contribution in [2.24, 2.45) is 16.5 Å². The van der Waals surface area contributed by atoms with Gasteiger partial charge >= 0.3 is 10.9 Å². The lowest BCUT2D eigenvalue weighted by Crippen LogP contribution is -2.25. The summed E-state index contributed by atoms with van der Waals surface area (Å²) in [7, 11) is 0. The van der Waals surface area contributed by atoms with E-state index in [0.29, 0.717) is 81.4 Å². The molecule has 0 radical (unpaired) electrons. The molecule has 2 atom stereocenters. The number of nitrogens with zero attached hydrogens (tertiary/aromatic N) is 19. The second kappa shape index (κ2) is 38.7. The van der Waals surface area contributed by atoms with Crippen molar-refractivity contribution in [1.82, 2.24) is 103 Å². The SMILES string of the molecule is CCOC(=N)c1cncc(F)c1.Fc1cncc(-c2nc(Cl)n3ccnc3n2)c1.Fc1cncc(-c2nc(N[C@@H]3CCC4=C(C3)c3ccccc3C4)n3nccc3n2)c1.NC(=Nc1ncc[nH]1)c1cncc(F)c1.N[C@@H]1CCC2=C(C1)c1ccccc1C2.Nc1ncc[nH]1.O=P(Cl)(Cl)Cl.O=c1[nH]c(-c2cncc(F)c2)nc2nccn12. The highest BCUT2D eigenvalue weighted by Crippen LogP contribution is 2.61. The molecule has 592 valence electrons. The number of benzene rings is 2. The molecule has 0 amide bonds. The summed E-state index contributed by atoms with van der Waals surface area (Å²) in [6, 6.07) is 26.3. The summed E-state index contributed by atoms with van der Waals surface area (Å²) in [5.41, 5.74) is 31.2. The molecule has 0 unspecified atom stereocenters. The number of aliphatic imine (C=N–C) groups is 1. The molecule has 0 saturated carbocycles. The van der Waals surface area contributed by atoms with Crippen molar-refractivity contribution in [1.29, 1.82) is 5.41 Å². The second-order valence-electron chi connectivity index (χ2n) is 25.3. The molecule has 13 aromatic heterocycles. The van der Waals surface area contributed by atoms with Gasteiger partial charge in [-0.15, -0.1) is 0 Å². The Bertz CT molecular complexity index is 6140. The molecule has 0 saturated heterocycles. The van der Waals surface area contributed by atoms with E-state index < -0.39 is 34.3 Å². The van der Waals surface area contributed by atoms with Gasteiger partial charge in [-0.1, -0.05) is 59.7 Å². The first-order valence-electron chi connectivity index (χ1n) is 35.1. The Morgan fingerprint density at radius 2 is 1.16 bits per heavy atom. The molecule has 0 bridgehead atoms. The first-order chi connectivity index (χ1) is 55.9. The van der Waals surface area contributed by atoms with Gasteiger partial charge in [-0.05, 0) is 167 Å². The second-order valence-corrected chi connectivity index (χ2v) is 32.3. The molecule has 0 fully saturated rings. The minimum absolute atomic E-state index is 0.0514. The zero-order valence-electron chi connectivity index (χ0n) is 60.9. The van der Waals surface area contributed by atoms with Crippen LogP contribution in [0.2, 0.25) is 5.28 Å². The summed E-state index contributed by atoms with van der Waals surface area (Å²) < 4.78 is 83.9. The lowest BCUT2D eigenvalue weighted by molar-refractivity contribution is 0.325. The molecule has 40 heteroatoms. The van der Waals surface area contributed by atoms with E-state index in [2.05, 4.69) is 182 Å². The minimum atomic E-state index is -3.22. The number of aromatic amines is 3. The van der Waals surface area contributed by atoms with Crippen LogP contribution >= 0.6 is 50.5 Å². The summed E-state index contributed by atoms with van der Waals surface area (Å²) in [6.07, 6.45) is 35.9. The quantitative estimate of drug-likeness (QED) is 0.0288. The van der Waals surface area contributed by atoms with Crippen LogP contribution in [0.1, 0.15) is 78.8 Å². The van der Waals surface area contributed by atoms with Crippen LogP contribution in [-0.4, -0.2) is 134 Å². The van der Waals surface area contributed by atoms with Crippen LogP contribution < -0.4 is 28.2 Å². The average Bonchev–Trinajstić information content (AvgIpc) is 1.57. The molecule has 15 aromatic rings. The Morgan fingerprint density at radius 3 is 1.74 bits per heavy atom. The number of hydrogen-bond donors (Lipinski definition) is 8. The maximum absolute atomic E-state index is 13.7. The molecule has 2 aromatic carbocycles. The van der Waals surface area contributed by atoms with Gasteiger partial charge in [-0.2, -0.15) is 34.5 Å². The van der Waals surface area contributed by atoms with Crippen LogP contribution in [0.15, 0.2) is 224 Å². The lowest BCUT2D eigenvalue weighted by atomic mass is 9.88. The number of pyridine rings is 5. The van der Waals surface area contributed by atoms with E-state index in [9.17, 15) is 31.3 Å². The molecule has 11 N–H and O–H groups in total. The zero-order valence-corrected chi connectivity index (χ0v) is 64.8. The topological polar surface area (TPSA) is 424 Å². The third-order valence-electron chi connectivity index (χ3n) is 17.4. The number of imidazole rings is 4. The molecule has 4 aliphatic carbocycles. The summed E-state index contributed by atoms with van der Waals surface area (Å²) in [5.74, 6) is 0.919. The van der Waals surface area contributed by atoms with Crippen molar-refractivity contribution in [3.8, 4) is 34.2 Å². The van der Waals surface area contributed by atoms with Gasteiger partial charge in [0, 0.05) is 121 Å². The number of fused-ring (bicyclic) bond motifs is 7. The highest BCUT2D eigenvalue weighted by atomic mass is 36.0. The highest BCUT2D eigenvalue weighted by molar-refractivity contribution is 8.24. The molecule has 4 aliphatic rings. The summed E-state index contributed by atoms with van der Waals surface area (Å²) in [6.45, 7) is 2.16. The van der Waals surface area contributed by atoms with E-state index in [4.69, 9.17) is 38.9 Å². The lowest BCUT2D eigenvalue weighted by Gasteiger charge is -2.26. The number of aromatic nitrogens is 21. The number of anilines is 2. The van der Waals surface area contributed by atoms with Gasteiger partial charge in [0.2, 0.25) is 34.6 Å². The summed E-state index contributed by atoms with van der Waals surface area (Å²) >= 11 is 19.8. The molecular weight excluding hydrogens is 1610 g/mol. The fraction of sp³-hybridized carbons (Fsp3) is 0.158. The summed E-state index contributed by atoms with van der Waals surface area (Å²) in [4.78, 5) is 79.1. The van der Waals surface area contributed by atoms with Crippen molar-refractivity contribution in [3.63, 3.8) is 0 Å². The molecule has 19 rings (SSSR count). The number of allylic oxidation sites excluding steroid dienone is 2. The number of nitrogens with one attached hydrogen (secondary N) is 5. The average molecular weight is 1670 g/mol. The Morgan fingerprint density at radius 1 is 0.629 bits per heavy atom. The zero-order chi connectivity index (χ0) is 81.8. The Balaban J connectivity index is 0.000000128. The van der Waals surface area contributed by atoms with E-state index >= 15 is 0 Å². The van der Waals surface area contributed by atoms with Gasteiger partial charge in [0.05, 0.1) is 49.4 Å². The van der Waals surface area contributed by atoms with Crippen LogP contribution in [0.3, 0.4) is 0 Å². The van der Waals surface area contributed by atoms with Gasteiger partial charge in [-0.25, -0.2) is 56.1 Å². The van der Waals surface area contributed by atoms with Gasteiger partial charge in [0.15, 0.2) is 23.2 Å². The number of ether oxygens (including phenoxy) is 1. The fourth-order valence-electron chi connectivity index (χ4n) is 12.3. The van der Waals surface area contributed by atoms with Crippen molar-refractivity contribution < 1.29 is 31.3 Å². The number of halogens is 9. The van der Waals surface area contributed by atoms with E-state index in [1.807, 2.05) is 6.07 Å². The first-order valence-corrected chi connectivity index (χ1v) is 39.9. The Hall–Kier alpha value is -12.9. The standard InChI is InChI=1S/C23H19FN6.C13H15N.C10H5ClFN5.C10H6FN5O.C9H8FN5.C8H9FN2O.C3H5N3.Cl3OP/c24-17-10-16(12-25-13-17)22-28-21-7-8-26-30(21)23(29-22)27-18-6-5-15-9-14-3-1-2-4-19(14)20(15)11-18;14-11-6-5-10-7-9-3-1-2-4-12(9)13(10)8-11;11-9-15-8(6-3-7(12)5-13-4-6)16-10-14-1-2-17(9)10;11-7-3-6(4-12-5-7)8-14-9-13-1-2-16(9)10(17)15-8;10-7-3-6(4-12-5-7)8(11)15-9-13-1-2-14-9;1-2-12-8(10)6-3-7(9)5-11-4-6;4-3-5-1-2-6-3;1-5(2,3)4/h1-4,7-8,10,12-13,18H,5-6,9,11H2,(H,27,28,29);1-4,11H,5-8,14H2;1-5H;1-5H,(H,13,14,15,17);1-5H,(H3,11,13,14,15);3-5,10H,2H2,1H3;1-2H,(H3,4,5,6);/t18-;11-;;;;;;/m11....../s1. The smallest absolute Gasteiger partial charge is 0.339 e. The highest BCUT2D eigenvalue weighted by Gasteiger charge is 2.30. The van der Waals surface area contributed by atoms with Crippen molar-refractivity contribution in [2.45, 2.75) is 70.4 Å². The van der Waals surface area contributed by atoms with Crippen molar-refractivity contribution in [3.05, 3.63) is 292 Å². The molecule has 0 spiro atoms. The Labute approximate surface area is 675 Å². The maximum Gasteiger partial charge on any atom is 0.339 e. The largest absolute Gasteiger partial charge is 0.478 e. The molecule has 116 heavy (non-hydrogen) atoms. The number of nitrogen functional groups attached to an aromatic ring is 1. The monoisotopic (exact) mass is 1670 g/mol. The van der Waals surface area contributed by atoms with Crippen LogP contribution in [-0.2, 0) is 22.1 Å². The number of H-pyrrole nitrogens is 3. The van der Waals surface area contributed by atoms with Crippen molar-refractivity contribution in [2.75, 3.05) is 17.7 Å². The molecule has 0 aliphatic heterocycles. The van der Waals surface area contributed by atoms with Crippen LogP contribution in [0, 0.1) is 34.5 Å². The maximum atomic E-state index is 13.7. The number of rotatable bonds is 9. The number of nitrogens with two attached hydrogens (primary N) is 3. The minimum Gasteiger partial charge on any atom is -0.478 e. The summed E-state index contributed by atoms with van der Waals surface area (Å²) in [5, 5.41) is 12.2. The van der Waals surface area contributed by atoms with Gasteiger partial charge in [-0.3, -0.25) is 44.3 Å². The fourth-order valence-corrected chi connectivity index (χ4v) is 12.5. The number of amidine groups is 1. The van der Waals surface area contributed by atoms with E-state index in [1.54, 1.807) is 77.7 Å². The normalized spacial score (nSPS) is 14.2. The van der Waals surface area contributed by atoms with Crippen LogP contribution in [0.5, 0.6) is 0 Å². The molecule has 13 heterocycles. The number of hydrogen-bond acceptors (Lipinski definition) is 23. The third-order valence-corrected chi connectivity index (χ3v) is 17.6. The van der Waals surface area contributed by atoms with Gasteiger partial charge < -0.3 is 37.2 Å². The van der Waals surface area contributed by atoms with Crippen LogP contribution in [0.25, 0.3) is 62.5 Å².